The zero-order chi connectivity index (χ0) is 13.5. The van der Waals surface area contributed by atoms with Gasteiger partial charge in [0.1, 0.15) is 11.6 Å². The molecule has 0 saturated heterocycles. The van der Waals surface area contributed by atoms with Gasteiger partial charge in [-0.2, -0.15) is 0 Å². The van der Waals surface area contributed by atoms with E-state index >= 15 is 0 Å². The molecular formula is C13H18FNO3. The van der Waals surface area contributed by atoms with Crippen molar-refractivity contribution in [2.24, 2.45) is 0 Å². The molecule has 18 heavy (non-hydrogen) atoms. The molecule has 1 aromatic rings. The molecule has 0 aromatic heterocycles. The molecule has 1 N–H and O–H groups in total. The van der Waals surface area contributed by atoms with Crippen LogP contribution in [0.4, 0.5) is 4.39 Å². The molecule has 0 fully saturated rings. The number of methoxy groups -OCH3 is 1. The monoisotopic (exact) mass is 255 g/mol. The first kappa shape index (κ1) is 14.4. The fraction of sp³-hybridized carbons (Fsp3) is 0.462. The summed E-state index contributed by atoms with van der Waals surface area (Å²) in [5, 5.41) is 3.20. The van der Waals surface area contributed by atoms with Crippen LogP contribution in [-0.4, -0.2) is 26.2 Å². The molecule has 1 atom stereocenters. The minimum absolute atomic E-state index is 0.0169. The Morgan fingerprint density at radius 1 is 1.50 bits per heavy atom. The van der Waals surface area contributed by atoms with Crippen molar-refractivity contribution >= 4 is 5.97 Å². The molecule has 0 amide bonds. The van der Waals surface area contributed by atoms with Gasteiger partial charge in [-0.25, -0.2) is 9.18 Å². The largest absolute Gasteiger partial charge is 0.481 e. The number of benzene rings is 1. The lowest BCUT2D eigenvalue weighted by molar-refractivity contribution is -0.142. The third-order valence-electron chi connectivity index (χ3n) is 2.53. The molecule has 0 saturated carbocycles. The van der Waals surface area contributed by atoms with Gasteiger partial charge in [-0.05, 0) is 19.5 Å². The minimum atomic E-state index is -0.499. The van der Waals surface area contributed by atoms with Gasteiger partial charge >= 0.3 is 5.97 Å². The van der Waals surface area contributed by atoms with Gasteiger partial charge in [0.15, 0.2) is 6.61 Å². The lowest BCUT2D eigenvalue weighted by atomic mass is 10.1. The quantitative estimate of drug-likeness (QED) is 0.790. The average molecular weight is 255 g/mol. The van der Waals surface area contributed by atoms with Crippen LogP contribution in [0.5, 0.6) is 5.75 Å². The zero-order valence-corrected chi connectivity index (χ0v) is 10.8. The summed E-state index contributed by atoms with van der Waals surface area (Å²) in [6, 6.07) is 4.30. The summed E-state index contributed by atoms with van der Waals surface area (Å²) in [6.45, 7) is 4.48. The van der Waals surface area contributed by atoms with Crippen molar-refractivity contribution in [1.29, 1.82) is 0 Å². The molecule has 1 rings (SSSR count). The first-order valence-corrected chi connectivity index (χ1v) is 5.81. The molecule has 0 bridgehead atoms. The summed E-state index contributed by atoms with van der Waals surface area (Å²) < 4.78 is 22.9. The maximum absolute atomic E-state index is 13.2. The van der Waals surface area contributed by atoms with Crippen LogP contribution in [0.15, 0.2) is 18.2 Å². The molecule has 0 aliphatic carbocycles. The van der Waals surface area contributed by atoms with Crippen LogP contribution in [0.3, 0.4) is 0 Å². The van der Waals surface area contributed by atoms with Gasteiger partial charge in [0.05, 0.1) is 7.11 Å². The van der Waals surface area contributed by atoms with E-state index in [9.17, 15) is 9.18 Å². The van der Waals surface area contributed by atoms with E-state index in [2.05, 4.69) is 10.1 Å². The van der Waals surface area contributed by atoms with Crippen LogP contribution < -0.4 is 10.1 Å². The second kappa shape index (κ2) is 6.96. The van der Waals surface area contributed by atoms with Gasteiger partial charge in [-0.3, -0.25) is 0 Å². The number of carbonyl (C=O) groups excluding carboxylic acids is 1. The van der Waals surface area contributed by atoms with Crippen LogP contribution in [0, 0.1) is 5.82 Å². The van der Waals surface area contributed by atoms with Crippen LogP contribution in [-0.2, 0) is 9.53 Å². The second-order valence-corrected chi connectivity index (χ2v) is 3.83. The molecule has 1 unspecified atom stereocenters. The van der Waals surface area contributed by atoms with Gasteiger partial charge in [-0.15, -0.1) is 0 Å². The van der Waals surface area contributed by atoms with Crippen molar-refractivity contribution in [3.63, 3.8) is 0 Å². The molecule has 4 nitrogen and oxygen atoms in total. The van der Waals surface area contributed by atoms with E-state index in [1.165, 1.54) is 19.2 Å². The Labute approximate surface area is 106 Å². The van der Waals surface area contributed by atoms with Gasteiger partial charge in [-0.1, -0.05) is 13.0 Å². The number of esters is 1. The lowest BCUT2D eigenvalue weighted by Crippen LogP contribution is -2.20. The van der Waals surface area contributed by atoms with E-state index < -0.39 is 11.8 Å². The predicted molar refractivity (Wildman–Crippen MR) is 66.0 cm³/mol. The Hall–Kier alpha value is -1.62. The maximum atomic E-state index is 13.2. The molecule has 0 spiro atoms. The Balaban J connectivity index is 2.85. The number of carbonyl (C=O) groups is 1. The standard InChI is InChI=1S/C13H18FNO3/c1-4-15-9(2)11-6-5-10(14)7-12(11)18-8-13(16)17-3/h5-7,9,15H,4,8H2,1-3H3. The fourth-order valence-electron chi connectivity index (χ4n) is 1.60. The van der Waals surface area contributed by atoms with Gasteiger partial charge in [0.25, 0.3) is 0 Å². The smallest absolute Gasteiger partial charge is 0.343 e. The Morgan fingerprint density at radius 3 is 2.83 bits per heavy atom. The molecular weight excluding hydrogens is 237 g/mol. The summed E-state index contributed by atoms with van der Waals surface area (Å²) in [4.78, 5) is 11.0. The van der Waals surface area contributed by atoms with Crippen LogP contribution in [0.25, 0.3) is 0 Å². The highest BCUT2D eigenvalue weighted by Crippen LogP contribution is 2.26. The van der Waals surface area contributed by atoms with E-state index in [1.807, 2.05) is 13.8 Å². The molecule has 100 valence electrons. The minimum Gasteiger partial charge on any atom is -0.481 e. The van der Waals surface area contributed by atoms with Crippen molar-refractivity contribution < 1.29 is 18.7 Å². The SMILES string of the molecule is CCNC(C)c1ccc(F)cc1OCC(=O)OC. The number of ether oxygens (including phenoxy) is 2. The number of hydrogen-bond acceptors (Lipinski definition) is 4. The third kappa shape index (κ3) is 4.00. The summed E-state index contributed by atoms with van der Waals surface area (Å²) in [5.74, 6) is -0.544. The van der Waals surface area contributed by atoms with E-state index in [0.29, 0.717) is 5.75 Å². The summed E-state index contributed by atoms with van der Waals surface area (Å²) in [5.41, 5.74) is 0.808. The first-order valence-electron chi connectivity index (χ1n) is 5.81. The highest BCUT2D eigenvalue weighted by Gasteiger charge is 2.13. The Morgan fingerprint density at radius 2 is 2.22 bits per heavy atom. The Bertz CT molecular complexity index is 409. The van der Waals surface area contributed by atoms with Crippen LogP contribution in [0.1, 0.15) is 25.5 Å². The summed E-state index contributed by atoms with van der Waals surface area (Å²) in [7, 11) is 1.28. The molecule has 0 radical (unpaired) electrons. The molecule has 0 aliphatic heterocycles. The van der Waals surface area contributed by atoms with E-state index in [4.69, 9.17) is 4.74 Å². The van der Waals surface area contributed by atoms with Crippen LogP contribution in [0.2, 0.25) is 0 Å². The number of nitrogens with one attached hydrogen (secondary N) is 1. The molecule has 5 heteroatoms. The molecule has 1 aromatic carbocycles. The van der Waals surface area contributed by atoms with Gasteiger partial charge in [0.2, 0.25) is 0 Å². The third-order valence-corrected chi connectivity index (χ3v) is 2.53. The number of halogens is 1. The summed E-state index contributed by atoms with van der Waals surface area (Å²) in [6.07, 6.45) is 0. The van der Waals surface area contributed by atoms with Gasteiger partial charge in [0, 0.05) is 17.7 Å². The van der Waals surface area contributed by atoms with Crippen LogP contribution >= 0.6 is 0 Å². The topological polar surface area (TPSA) is 47.6 Å². The first-order chi connectivity index (χ1) is 8.58. The molecule has 0 heterocycles. The highest BCUT2D eigenvalue weighted by molar-refractivity contribution is 5.70. The van der Waals surface area contributed by atoms with Crippen molar-refractivity contribution in [3.8, 4) is 5.75 Å². The van der Waals surface area contributed by atoms with E-state index in [0.717, 1.165) is 12.1 Å². The maximum Gasteiger partial charge on any atom is 0.343 e. The van der Waals surface area contributed by atoms with Crippen molar-refractivity contribution in [2.45, 2.75) is 19.9 Å². The average Bonchev–Trinajstić information content (AvgIpc) is 2.36. The zero-order valence-electron chi connectivity index (χ0n) is 10.8. The predicted octanol–water partition coefficient (Wildman–Crippen LogP) is 2.05. The Kier molecular flexibility index (Phi) is 5.58. The van der Waals surface area contributed by atoms with E-state index in [1.54, 1.807) is 6.07 Å². The second-order valence-electron chi connectivity index (χ2n) is 3.83. The van der Waals surface area contributed by atoms with Crippen molar-refractivity contribution in [1.82, 2.24) is 5.32 Å². The van der Waals surface area contributed by atoms with Crippen molar-refractivity contribution in [3.05, 3.63) is 29.6 Å². The van der Waals surface area contributed by atoms with Crippen molar-refractivity contribution in [2.75, 3.05) is 20.3 Å². The van der Waals surface area contributed by atoms with Gasteiger partial charge < -0.3 is 14.8 Å². The summed E-state index contributed by atoms with van der Waals surface area (Å²) >= 11 is 0. The normalized spacial score (nSPS) is 12.0. The number of hydrogen-bond donors (Lipinski definition) is 1. The number of rotatable bonds is 6. The highest BCUT2D eigenvalue weighted by atomic mass is 19.1. The fourth-order valence-corrected chi connectivity index (χ4v) is 1.60. The lowest BCUT2D eigenvalue weighted by Gasteiger charge is -2.17. The van der Waals surface area contributed by atoms with E-state index in [-0.39, 0.29) is 12.6 Å². The molecule has 0 aliphatic rings.